The topological polar surface area (TPSA) is 49.4 Å². The average molecular weight is 370 g/mol. The molecule has 0 radical (unpaired) electrons. The summed E-state index contributed by atoms with van der Waals surface area (Å²) in [5.74, 6) is -0.413. The maximum Gasteiger partial charge on any atom is 0.251 e. The molecule has 1 fully saturated rings. The van der Waals surface area contributed by atoms with E-state index in [2.05, 4.69) is 5.32 Å². The van der Waals surface area contributed by atoms with Crippen LogP contribution in [-0.2, 0) is 4.79 Å². The van der Waals surface area contributed by atoms with Crippen LogP contribution in [0.5, 0.6) is 0 Å². The minimum atomic E-state index is -0.366. The predicted molar refractivity (Wildman–Crippen MR) is 110 cm³/mol. The van der Waals surface area contributed by atoms with Crippen LogP contribution in [0.3, 0.4) is 0 Å². The third-order valence-corrected chi connectivity index (χ3v) is 5.20. The fraction of sp³-hybridized carbons (Fsp3) is 0.167. The van der Waals surface area contributed by atoms with E-state index in [0.29, 0.717) is 18.5 Å². The minimum absolute atomic E-state index is 0.0495. The van der Waals surface area contributed by atoms with Gasteiger partial charge in [0.25, 0.3) is 5.91 Å². The molecule has 28 heavy (non-hydrogen) atoms. The number of nitrogens with zero attached hydrogens (tertiary/aromatic N) is 1. The Kier molecular flexibility index (Phi) is 5.20. The highest BCUT2D eigenvalue weighted by Crippen LogP contribution is 2.34. The lowest BCUT2D eigenvalue weighted by Crippen LogP contribution is -2.37. The van der Waals surface area contributed by atoms with E-state index >= 15 is 0 Å². The van der Waals surface area contributed by atoms with Crippen LogP contribution >= 0.6 is 0 Å². The molecule has 4 rings (SSSR count). The van der Waals surface area contributed by atoms with Crippen molar-refractivity contribution in [1.29, 1.82) is 0 Å². The van der Waals surface area contributed by atoms with Crippen molar-refractivity contribution in [2.24, 2.45) is 5.92 Å². The summed E-state index contributed by atoms with van der Waals surface area (Å²) < 4.78 is 0. The first kappa shape index (κ1) is 18.0. The highest BCUT2D eigenvalue weighted by molar-refractivity contribution is 5.99. The summed E-state index contributed by atoms with van der Waals surface area (Å²) in [6, 6.07) is 28.2. The van der Waals surface area contributed by atoms with Gasteiger partial charge in [-0.25, -0.2) is 0 Å². The number of benzene rings is 3. The summed E-state index contributed by atoms with van der Waals surface area (Å²) in [5, 5.41) is 3.11. The molecule has 1 aliphatic heterocycles. The minimum Gasteiger partial charge on any atom is -0.344 e. The zero-order chi connectivity index (χ0) is 19.3. The van der Waals surface area contributed by atoms with Gasteiger partial charge >= 0.3 is 0 Å². The van der Waals surface area contributed by atoms with Gasteiger partial charge in [-0.05, 0) is 36.2 Å². The van der Waals surface area contributed by atoms with E-state index in [0.717, 1.165) is 11.3 Å². The van der Waals surface area contributed by atoms with Crippen molar-refractivity contribution in [3.05, 3.63) is 102 Å². The summed E-state index contributed by atoms with van der Waals surface area (Å²) in [6.07, 6.45) is 0.697. The van der Waals surface area contributed by atoms with E-state index in [1.54, 1.807) is 12.1 Å². The van der Waals surface area contributed by atoms with Gasteiger partial charge in [-0.2, -0.15) is 0 Å². The Bertz CT molecular complexity index is 942. The van der Waals surface area contributed by atoms with Crippen LogP contribution in [0.25, 0.3) is 0 Å². The van der Waals surface area contributed by atoms with E-state index in [1.165, 1.54) is 0 Å². The largest absolute Gasteiger partial charge is 0.344 e. The van der Waals surface area contributed by atoms with Gasteiger partial charge in [0, 0.05) is 17.8 Å². The van der Waals surface area contributed by atoms with Crippen LogP contribution in [0, 0.1) is 5.92 Å². The van der Waals surface area contributed by atoms with E-state index in [9.17, 15) is 9.59 Å². The van der Waals surface area contributed by atoms with Gasteiger partial charge in [0.05, 0.1) is 12.0 Å². The second-order valence-electron chi connectivity index (χ2n) is 6.95. The Morgan fingerprint density at radius 3 is 2.07 bits per heavy atom. The molecule has 0 unspecified atom stereocenters. The molecular formula is C24H22N2O2. The van der Waals surface area contributed by atoms with Crippen molar-refractivity contribution in [3.63, 3.8) is 0 Å². The molecule has 140 valence electrons. The summed E-state index contributed by atoms with van der Waals surface area (Å²) in [6.45, 7) is 0.651. The Morgan fingerprint density at radius 1 is 0.857 bits per heavy atom. The van der Waals surface area contributed by atoms with Gasteiger partial charge in [0.2, 0.25) is 5.91 Å². The number of amides is 2. The fourth-order valence-corrected chi connectivity index (χ4v) is 3.77. The molecule has 1 N–H and O–H groups in total. The fourth-order valence-electron chi connectivity index (χ4n) is 3.77. The smallest absolute Gasteiger partial charge is 0.251 e. The number of hydrogen-bond donors (Lipinski definition) is 1. The second kappa shape index (κ2) is 8.09. The van der Waals surface area contributed by atoms with E-state index in [4.69, 9.17) is 0 Å². The zero-order valence-electron chi connectivity index (χ0n) is 15.5. The molecular weight excluding hydrogens is 348 g/mol. The summed E-state index contributed by atoms with van der Waals surface area (Å²) in [5.41, 5.74) is 2.44. The molecule has 2 amide bonds. The standard InChI is InChI=1S/C24H22N2O2/c27-23(19-12-6-2-7-13-19)25-22(18-10-4-1-5-11-18)21-16-17-26(24(21)28)20-14-8-3-9-15-20/h1-15,21-22H,16-17H2,(H,25,27)/t21-,22+/m1/s1. The van der Waals surface area contributed by atoms with E-state index < -0.39 is 0 Å². The molecule has 3 aromatic carbocycles. The highest BCUT2D eigenvalue weighted by atomic mass is 16.2. The Labute approximate surface area is 164 Å². The zero-order valence-corrected chi connectivity index (χ0v) is 15.5. The highest BCUT2D eigenvalue weighted by Gasteiger charge is 2.39. The van der Waals surface area contributed by atoms with Crippen molar-refractivity contribution in [2.75, 3.05) is 11.4 Å². The van der Waals surface area contributed by atoms with Crippen LogP contribution in [0.4, 0.5) is 5.69 Å². The summed E-state index contributed by atoms with van der Waals surface area (Å²) in [7, 11) is 0. The summed E-state index contributed by atoms with van der Waals surface area (Å²) in [4.78, 5) is 27.8. The molecule has 0 saturated carbocycles. The number of carbonyl (C=O) groups is 2. The van der Waals surface area contributed by atoms with Crippen LogP contribution in [0.2, 0.25) is 0 Å². The molecule has 0 bridgehead atoms. The first-order valence-corrected chi connectivity index (χ1v) is 9.51. The first-order chi connectivity index (χ1) is 13.7. The van der Waals surface area contributed by atoms with Crippen molar-refractivity contribution in [2.45, 2.75) is 12.5 Å². The van der Waals surface area contributed by atoms with Gasteiger partial charge < -0.3 is 10.2 Å². The third kappa shape index (κ3) is 3.67. The number of carbonyl (C=O) groups excluding carboxylic acids is 2. The number of rotatable bonds is 5. The molecule has 0 aromatic heterocycles. The maximum absolute atomic E-state index is 13.2. The van der Waals surface area contributed by atoms with Crippen molar-refractivity contribution in [3.8, 4) is 0 Å². The third-order valence-electron chi connectivity index (χ3n) is 5.20. The number of nitrogens with one attached hydrogen (secondary N) is 1. The molecule has 0 spiro atoms. The molecule has 4 nitrogen and oxygen atoms in total. The molecule has 0 aliphatic carbocycles. The Morgan fingerprint density at radius 2 is 1.43 bits per heavy atom. The monoisotopic (exact) mass is 370 g/mol. The predicted octanol–water partition coefficient (Wildman–Crippen LogP) is 4.21. The number of para-hydroxylation sites is 1. The molecule has 2 atom stereocenters. The normalized spacial score (nSPS) is 17.4. The lowest BCUT2D eigenvalue weighted by atomic mass is 9.91. The van der Waals surface area contributed by atoms with Crippen LogP contribution in [-0.4, -0.2) is 18.4 Å². The van der Waals surface area contributed by atoms with Gasteiger partial charge in [-0.3, -0.25) is 9.59 Å². The molecule has 1 aliphatic rings. The summed E-state index contributed by atoms with van der Waals surface area (Å²) >= 11 is 0. The maximum atomic E-state index is 13.2. The van der Waals surface area contributed by atoms with E-state index in [1.807, 2.05) is 83.8 Å². The Hall–Kier alpha value is -3.40. The van der Waals surface area contributed by atoms with Crippen molar-refractivity contribution >= 4 is 17.5 Å². The van der Waals surface area contributed by atoms with Crippen LogP contribution in [0.1, 0.15) is 28.4 Å². The van der Waals surface area contributed by atoms with Crippen LogP contribution in [0.15, 0.2) is 91.0 Å². The molecule has 3 aromatic rings. The first-order valence-electron chi connectivity index (χ1n) is 9.51. The van der Waals surface area contributed by atoms with Crippen molar-refractivity contribution < 1.29 is 9.59 Å². The second-order valence-corrected chi connectivity index (χ2v) is 6.95. The Balaban J connectivity index is 1.61. The lowest BCUT2D eigenvalue weighted by molar-refractivity contribution is -0.121. The number of hydrogen-bond acceptors (Lipinski definition) is 2. The van der Waals surface area contributed by atoms with E-state index in [-0.39, 0.29) is 23.8 Å². The van der Waals surface area contributed by atoms with Crippen molar-refractivity contribution in [1.82, 2.24) is 5.32 Å². The lowest BCUT2D eigenvalue weighted by Gasteiger charge is -2.25. The average Bonchev–Trinajstić information content (AvgIpc) is 3.15. The molecule has 1 saturated heterocycles. The van der Waals surface area contributed by atoms with Gasteiger partial charge in [-0.15, -0.1) is 0 Å². The van der Waals surface area contributed by atoms with Gasteiger partial charge in [-0.1, -0.05) is 66.7 Å². The SMILES string of the molecule is O=C(N[C@@H](c1ccccc1)[C@H]1CCN(c2ccccc2)C1=O)c1ccccc1. The molecule has 4 heteroatoms. The van der Waals surface area contributed by atoms with Gasteiger partial charge in [0.1, 0.15) is 0 Å². The van der Waals surface area contributed by atoms with Gasteiger partial charge in [0.15, 0.2) is 0 Å². The molecule has 1 heterocycles. The number of anilines is 1. The van der Waals surface area contributed by atoms with Crippen LogP contribution < -0.4 is 10.2 Å². The quantitative estimate of drug-likeness (QED) is 0.731.